The van der Waals surface area contributed by atoms with Crippen LogP contribution in [0.25, 0.3) is 0 Å². The monoisotopic (exact) mass is 102 g/mol. The number of hydrogen-bond acceptors (Lipinski definition) is 2. The van der Waals surface area contributed by atoms with Gasteiger partial charge in [0, 0.05) is 0 Å². The zero-order valence-corrected chi connectivity index (χ0v) is 2.72. The van der Waals surface area contributed by atoms with Crippen molar-refractivity contribution in [2.75, 3.05) is 0 Å². The molecule has 3 nitrogen and oxygen atoms in total. The van der Waals surface area contributed by atoms with Crippen LogP contribution in [-0.4, -0.2) is 3.94 Å². The Balaban J connectivity index is 2.80. The van der Waals surface area contributed by atoms with Crippen molar-refractivity contribution in [2.45, 2.75) is 0 Å². The van der Waals surface area contributed by atoms with E-state index in [4.69, 9.17) is 10.1 Å². The number of hydrogen-bond donors (Lipinski definition) is 0. The average molecular weight is 102 g/mol. The topological polar surface area (TPSA) is 43.1 Å². The zero-order chi connectivity index (χ0) is 3.58. The molecule has 0 saturated carbocycles. The molecule has 0 saturated heterocycles. The van der Waals surface area contributed by atoms with Crippen molar-refractivity contribution >= 4 is 0 Å². The molecule has 0 rings (SSSR count). The summed E-state index contributed by atoms with van der Waals surface area (Å²) in [5.41, 5.74) is 0. The van der Waals surface area contributed by atoms with Gasteiger partial charge in [-0.05, 0) is 0 Å². The second-order valence-electron chi connectivity index (χ2n) is 0.204. The molecule has 0 fully saturated rings. The van der Waals surface area contributed by atoms with Crippen molar-refractivity contribution in [3.63, 3.8) is 0 Å². The Morgan fingerprint density at radius 2 is 2.00 bits per heavy atom. The predicted octanol–water partition coefficient (Wildman–Crippen LogP) is -0.275. The summed E-state index contributed by atoms with van der Waals surface area (Å²) in [6, 6.07) is 0. The molecule has 0 aliphatic carbocycles. The molecule has 0 amide bonds. The van der Waals surface area contributed by atoms with Crippen LogP contribution in [0.2, 0.25) is 0 Å². The summed E-state index contributed by atoms with van der Waals surface area (Å²) in [6.07, 6.45) is 0. The van der Waals surface area contributed by atoms with E-state index in [-0.39, 0.29) is 0 Å². The summed E-state index contributed by atoms with van der Waals surface area (Å²) in [4.78, 5) is 8.69. The van der Waals surface area contributed by atoms with E-state index in [1.165, 1.54) is 0 Å². The number of nitrogens with zero attached hydrogens (tertiary/aromatic N) is 1. The van der Waals surface area contributed by atoms with Gasteiger partial charge in [0.25, 0.3) is 0 Å². The molecule has 0 aromatic carbocycles. The fourth-order valence-corrected chi connectivity index (χ4v) is 0. The van der Waals surface area contributed by atoms with Gasteiger partial charge in [0.15, 0.2) is 0 Å². The second kappa shape index (κ2) is 1.26. The van der Waals surface area contributed by atoms with Crippen LogP contribution in [0.5, 0.6) is 0 Å². The third-order valence-corrected chi connectivity index (χ3v) is 0. The Bertz CT molecular complexity index is 29.0. The minimum absolute atomic E-state index is 0.750. The van der Waals surface area contributed by atoms with Crippen LogP contribution in [-0.2, 0) is 16.2 Å². The first-order chi connectivity index (χ1) is 1.73. The Labute approximate surface area is 31.2 Å². The van der Waals surface area contributed by atoms with E-state index in [2.05, 4.69) is 16.2 Å². The Morgan fingerprint density at radius 3 is 2.00 bits per heavy atom. The summed E-state index contributed by atoms with van der Waals surface area (Å²) in [7, 11) is 0. The van der Waals surface area contributed by atoms with Gasteiger partial charge in [-0.1, -0.05) is 0 Å². The van der Waals surface area contributed by atoms with E-state index < -0.39 is 3.94 Å². The third-order valence-electron chi connectivity index (χ3n) is 0. The molecule has 0 bridgehead atoms. The maximum atomic E-state index is 8.69. The first kappa shape index (κ1) is 3.92. The van der Waals surface area contributed by atoms with Crippen molar-refractivity contribution < 1.29 is 20.2 Å². The van der Waals surface area contributed by atoms with Gasteiger partial charge in [0.2, 0.25) is 0 Å². The number of rotatable bonds is 0. The summed E-state index contributed by atoms with van der Waals surface area (Å²) < 4.78 is -0.750. The van der Waals surface area contributed by atoms with Crippen molar-refractivity contribution in [2.24, 2.45) is 0 Å². The van der Waals surface area contributed by atoms with Crippen LogP contribution in [0, 0.1) is 10.1 Å². The SMILES string of the molecule is O=[N+]([O-])[Fe]. The van der Waals surface area contributed by atoms with Crippen LogP contribution in [0.15, 0.2) is 0 Å². The van der Waals surface area contributed by atoms with Gasteiger partial charge >= 0.3 is 30.3 Å². The van der Waals surface area contributed by atoms with E-state index in [0.29, 0.717) is 0 Å². The van der Waals surface area contributed by atoms with Gasteiger partial charge in [0.05, 0.1) is 0 Å². The van der Waals surface area contributed by atoms with Crippen molar-refractivity contribution in [1.29, 1.82) is 0 Å². The van der Waals surface area contributed by atoms with Gasteiger partial charge in [-0.2, -0.15) is 0 Å². The summed E-state index contributed by atoms with van der Waals surface area (Å²) in [6.45, 7) is 0. The van der Waals surface area contributed by atoms with E-state index in [0.717, 1.165) is 0 Å². The molecular formula is FeNO2. The third kappa shape index (κ3) is 250. The van der Waals surface area contributed by atoms with E-state index in [1.807, 2.05) is 0 Å². The molecule has 0 N–H and O–H groups in total. The molecule has 4 heteroatoms. The van der Waals surface area contributed by atoms with Gasteiger partial charge in [-0.3, -0.25) is 0 Å². The first-order valence-electron chi connectivity index (χ1n) is 0.523. The van der Waals surface area contributed by atoms with Crippen LogP contribution < -0.4 is 0 Å². The molecule has 25 valence electrons. The van der Waals surface area contributed by atoms with Crippen molar-refractivity contribution in [1.82, 2.24) is 0 Å². The number of nitro groups is 1. The molecule has 0 aromatic heterocycles. The normalized spacial score (nSPS) is 6.25. The van der Waals surface area contributed by atoms with Gasteiger partial charge < -0.3 is 0 Å². The van der Waals surface area contributed by atoms with E-state index in [1.54, 1.807) is 0 Å². The molecule has 0 spiro atoms. The predicted molar refractivity (Wildman–Crippen MR) is 6.99 cm³/mol. The minimum atomic E-state index is -0.750. The van der Waals surface area contributed by atoms with E-state index in [9.17, 15) is 0 Å². The molecule has 0 unspecified atom stereocenters. The quantitative estimate of drug-likeness (QED) is 0.240. The second-order valence-corrected chi connectivity index (χ2v) is 0.607. The Morgan fingerprint density at radius 1 is 2.00 bits per heavy atom. The van der Waals surface area contributed by atoms with Gasteiger partial charge in [0.1, 0.15) is 0 Å². The molecule has 0 radical (unpaired) electrons. The Kier molecular flexibility index (Phi) is 1.24. The fourth-order valence-electron chi connectivity index (χ4n) is 0. The van der Waals surface area contributed by atoms with Crippen LogP contribution in [0.1, 0.15) is 0 Å². The first-order valence-corrected chi connectivity index (χ1v) is 1.02. The maximum absolute atomic E-state index is 8.69. The van der Waals surface area contributed by atoms with Gasteiger partial charge in [-0.25, -0.2) is 0 Å². The van der Waals surface area contributed by atoms with Crippen molar-refractivity contribution in [3.8, 4) is 0 Å². The standard InChI is InChI=1S/Fe.NO2/c;2-1-3. The summed E-state index contributed by atoms with van der Waals surface area (Å²) in [5.74, 6) is 0. The molecule has 0 aliphatic rings. The molecule has 0 aromatic rings. The van der Waals surface area contributed by atoms with Crippen LogP contribution in [0.3, 0.4) is 0 Å². The molecule has 4 heavy (non-hydrogen) atoms. The fraction of sp³-hybridized carbons (Fsp3) is 0. The molecular weight excluding hydrogens is 102 g/mol. The molecule has 0 atom stereocenters. The van der Waals surface area contributed by atoms with Crippen molar-refractivity contribution in [3.05, 3.63) is 10.1 Å². The zero-order valence-electron chi connectivity index (χ0n) is 1.62. The summed E-state index contributed by atoms with van der Waals surface area (Å²) >= 11 is 2.36. The average Bonchev–Trinajstić information content (AvgIpc) is 0.811. The molecule has 0 heterocycles. The van der Waals surface area contributed by atoms with Crippen LogP contribution >= 0.6 is 0 Å². The van der Waals surface area contributed by atoms with Gasteiger partial charge in [-0.15, -0.1) is 0 Å². The summed E-state index contributed by atoms with van der Waals surface area (Å²) in [5, 5.41) is 8.69. The molecule has 0 aliphatic heterocycles. The Hall–Kier alpha value is -0.0805. The van der Waals surface area contributed by atoms with Crippen LogP contribution in [0.4, 0.5) is 0 Å². The van der Waals surface area contributed by atoms with E-state index >= 15 is 0 Å².